The highest BCUT2D eigenvalue weighted by molar-refractivity contribution is 7.10. The predicted octanol–water partition coefficient (Wildman–Crippen LogP) is 2.81. The van der Waals surface area contributed by atoms with Crippen molar-refractivity contribution in [3.63, 3.8) is 0 Å². The van der Waals surface area contributed by atoms with Gasteiger partial charge in [-0.1, -0.05) is 0 Å². The Morgan fingerprint density at radius 3 is 3.22 bits per heavy atom. The molecule has 0 saturated carbocycles. The molecule has 2 saturated heterocycles. The van der Waals surface area contributed by atoms with E-state index in [1.807, 2.05) is 11.3 Å². The van der Waals surface area contributed by atoms with Crippen LogP contribution in [0, 0.1) is 5.92 Å². The van der Waals surface area contributed by atoms with Crippen LogP contribution in [0.25, 0.3) is 0 Å². The summed E-state index contributed by atoms with van der Waals surface area (Å²) in [5.41, 5.74) is 1.67. The van der Waals surface area contributed by atoms with Gasteiger partial charge < -0.3 is 5.32 Å². The lowest BCUT2D eigenvalue weighted by Gasteiger charge is -2.43. The molecule has 2 nitrogen and oxygen atoms in total. The lowest BCUT2D eigenvalue weighted by atomic mass is 9.86. The first kappa shape index (κ1) is 11.4. The van der Waals surface area contributed by atoms with E-state index in [9.17, 15) is 0 Å². The molecule has 0 amide bonds. The molecule has 0 radical (unpaired) electrons. The second kappa shape index (κ2) is 4.62. The lowest BCUT2D eigenvalue weighted by molar-refractivity contribution is 0.0683. The van der Waals surface area contributed by atoms with Crippen molar-refractivity contribution in [2.75, 3.05) is 19.6 Å². The Morgan fingerprint density at radius 1 is 1.22 bits per heavy atom. The molecular weight excluding hydrogens is 240 g/mol. The zero-order valence-corrected chi connectivity index (χ0v) is 11.7. The van der Waals surface area contributed by atoms with Gasteiger partial charge in [0.2, 0.25) is 0 Å². The number of likely N-dealkylation sites (tertiary alicyclic amines) is 1. The highest BCUT2D eigenvalue weighted by atomic mass is 32.1. The average Bonchev–Trinajstić information content (AvgIpc) is 3.06. The number of aryl methyl sites for hydroxylation is 1. The number of hydrogen-bond acceptors (Lipinski definition) is 3. The number of hydrogen-bond donors (Lipinski definition) is 1. The Morgan fingerprint density at radius 2 is 2.22 bits per heavy atom. The van der Waals surface area contributed by atoms with Gasteiger partial charge in [0.05, 0.1) is 0 Å². The molecule has 2 aliphatic heterocycles. The van der Waals surface area contributed by atoms with Gasteiger partial charge >= 0.3 is 0 Å². The molecule has 3 heteroatoms. The van der Waals surface area contributed by atoms with Gasteiger partial charge in [0.15, 0.2) is 0 Å². The van der Waals surface area contributed by atoms with Crippen molar-refractivity contribution in [2.45, 2.75) is 44.2 Å². The first-order valence-corrected chi connectivity index (χ1v) is 8.34. The van der Waals surface area contributed by atoms with E-state index in [1.165, 1.54) is 51.7 Å². The van der Waals surface area contributed by atoms with Gasteiger partial charge in [-0.15, -0.1) is 11.3 Å². The van der Waals surface area contributed by atoms with E-state index in [0.29, 0.717) is 0 Å². The Labute approximate surface area is 113 Å². The first-order valence-electron chi connectivity index (χ1n) is 7.46. The van der Waals surface area contributed by atoms with Gasteiger partial charge in [0.25, 0.3) is 0 Å². The summed E-state index contributed by atoms with van der Waals surface area (Å²) in [4.78, 5) is 4.51. The quantitative estimate of drug-likeness (QED) is 0.837. The van der Waals surface area contributed by atoms with E-state index in [2.05, 4.69) is 21.7 Å². The van der Waals surface area contributed by atoms with Crippen LogP contribution in [-0.4, -0.2) is 30.6 Å². The largest absolute Gasteiger partial charge is 0.315 e. The second-order valence-electron chi connectivity index (χ2n) is 6.07. The topological polar surface area (TPSA) is 15.3 Å². The molecule has 3 heterocycles. The molecule has 3 aliphatic rings. The van der Waals surface area contributed by atoms with E-state index < -0.39 is 0 Å². The maximum atomic E-state index is 3.61. The third-order valence-corrected chi connectivity index (χ3v) is 6.14. The summed E-state index contributed by atoms with van der Waals surface area (Å²) in [6.45, 7) is 3.80. The number of rotatable bonds is 1. The van der Waals surface area contributed by atoms with Crippen molar-refractivity contribution in [1.82, 2.24) is 10.2 Å². The van der Waals surface area contributed by atoms with Crippen molar-refractivity contribution < 1.29 is 0 Å². The fourth-order valence-corrected chi connectivity index (χ4v) is 5.28. The molecule has 3 atom stereocenters. The normalized spacial score (nSPS) is 36.3. The SMILES string of the molecule is c1cc2c(s1)CCCC2N1CCCC2CNCC21. The molecule has 3 unspecified atom stereocenters. The average molecular weight is 262 g/mol. The summed E-state index contributed by atoms with van der Waals surface area (Å²) in [7, 11) is 0. The van der Waals surface area contributed by atoms with E-state index >= 15 is 0 Å². The van der Waals surface area contributed by atoms with Gasteiger partial charge in [-0.3, -0.25) is 4.90 Å². The molecule has 4 rings (SSSR count). The molecule has 0 bridgehead atoms. The molecule has 98 valence electrons. The molecule has 1 aliphatic carbocycles. The highest BCUT2D eigenvalue weighted by Gasteiger charge is 2.39. The van der Waals surface area contributed by atoms with Crippen molar-refractivity contribution in [3.05, 3.63) is 21.9 Å². The zero-order valence-electron chi connectivity index (χ0n) is 10.9. The number of nitrogens with zero attached hydrogens (tertiary/aromatic N) is 1. The van der Waals surface area contributed by atoms with Gasteiger partial charge in [0.1, 0.15) is 0 Å². The zero-order chi connectivity index (χ0) is 11.9. The highest BCUT2D eigenvalue weighted by Crippen LogP contribution is 2.41. The smallest absolute Gasteiger partial charge is 0.0362 e. The lowest BCUT2D eigenvalue weighted by Crippen LogP contribution is -2.47. The van der Waals surface area contributed by atoms with E-state index in [0.717, 1.165) is 18.0 Å². The summed E-state index contributed by atoms with van der Waals surface area (Å²) in [6, 6.07) is 3.94. The second-order valence-corrected chi connectivity index (χ2v) is 7.07. The van der Waals surface area contributed by atoms with Gasteiger partial charge in [-0.05, 0) is 68.1 Å². The summed E-state index contributed by atoms with van der Waals surface area (Å²) in [6.07, 6.45) is 6.94. The van der Waals surface area contributed by atoms with Crippen LogP contribution >= 0.6 is 11.3 Å². The van der Waals surface area contributed by atoms with Gasteiger partial charge in [0, 0.05) is 23.5 Å². The Hall–Kier alpha value is -0.380. The third-order valence-electron chi connectivity index (χ3n) is 5.14. The van der Waals surface area contributed by atoms with Crippen molar-refractivity contribution >= 4 is 11.3 Å². The minimum atomic E-state index is 0.729. The monoisotopic (exact) mass is 262 g/mol. The van der Waals surface area contributed by atoms with Crippen LogP contribution in [0.2, 0.25) is 0 Å². The standard InChI is InChI=1S/C15H22N2S/c1-4-13(12-6-8-18-15(12)5-1)17-7-2-3-11-9-16-10-14(11)17/h6,8,11,13-14,16H,1-5,7,9-10H2. The van der Waals surface area contributed by atoms with E-state index in [1.54, 1.807) is 10.4 Å². The fourth-order valence-electron chi connectivity index (χ4n) is 4.30. The van der Waals surface area contributed by atoms with Crippen molar-refractivity contribution in [2.24, 2.45) is 5.92 Å². The fraction of sp³-hybridized carbons (Fsp3) is 0.733. The molecule has 1 aromatic rings. The summed E-state index contributed by atoms with van der Waals surface area (Å²) in [5.74, 6) is 0.919. The minimum absolute atomic E-state index is 0.729. The van der Waals surface area contributed by atoms with Crippen LogP contribution in [-0.2, 0) is 6.42 Å². The Kier molecular flexibility index (Phi) is 2.94. The van der Waals surface area contributed by atoms with Crippen LogP contribution in [0.4, 0.5) is 0 Å². The van der Waals surface area contributed by atoms with Crippen LogP contribution in [0.1, 0.15) is 42.2 Å². The number of piperidine rings is 1. The molecular formula is C15H22N2S. The maximum Gasteiger partial charge on any atom is 0.0362 e. The molecule has 1 aromatic heterocycles. The number of thiophene rings is 1. The van der Waals surface area contributed by atoms with Crippen molar-refractivity contribution in [3.8, 4) is 0 Å². The summed E-state index contributed by atoms with van der Waals surface area (Å²) < 4.78 is 0. The molecule has 2 fully saturated rings. The van der Waals surface area contributed by atoms with Gasteiger partial charge in [-0.25, -0.2) is 0 Å². The van der Waals surface area contributed by atoms with Crippen LogP contribution in [0.3, 0.4) is 0 Å². The third kappa shape index (κ3) is 1.75. The molecule has 0 aromatic carbocycles. The first-order chi connectivity index (χ1) is 8.93. The van der Waals surface area contributed by atoms with E-state index in [-0.39, 0.29) is 0 Å². The van der Waals surface area contributed by atoms with Crippen molar-refractivity contribution in [1.29, 1.82) is 0 Å². The Bertz CT molecular complexity index is 428. The number of nitrogens with one attached hydrogen (secondary N) is 1. The summed E-state index contributed by atoms with van der Waals surface area (Å²) >= 11 is 1.98. The molecule has 0 spiro atoms. The summed E-state index contributed by atoms with van der Waals surface area (Å²) in [5, 5.41) is 5.91. The van der Waals surface area contributed by atoms with Crippen LogP contribution in [0.15, 0.2) is 11.4 Å². The molecule has 18 heavy (non-hydrogen) atoms. The maximum absolute atomic E-state index is 3.61. The molecule has 1 N–H and O–H groups in total. The predicted molar refractivity (Wildman–Crippen MR) is 76.1 cm³/mol. The number of fused-ring (bicyclic) bond motifs is 2. The van der Waals surface area contributed by atoms with Crippen LogP contribution < -0.4 is 5.32 Å². The Balaban J connectivity index is 1.63. The van der Waals surface area contributed by atoms with Gasteiger partial charge in [-0.2, -0.15) is 0 Å². The minimum Gasteiger partial charge on any atom is -0.315 e. The van der Waals surface area contributed by atoms with Crippen LogP contribution in [0.5, 0.6) is 0 Å². The van der Waals surface area contributed by atoms with E-state index in [4.69, 9.17) is 0 Å².